The zero-order valence-electron chi connectivity index (χ0n) is 14.6. The van der Waals surface area contributed by atoms with E-state index in [1.54, 1.807) is 12.1 Å². The van der Waals surface area contributed by atoms with E-state index < -0.39 is 10.0 Å². The van der Waals surface area contributed by atoms with E-state index in [2.05, 4.69) is 0 Å². The first-order valence-corrected chi connectivity index (χ1v) is 10.1. The van der Waals surface area contributed by atoms with E-state index in [9.17, 15) is 8.42 Å². The summed E-state index contributed by atoms with van der Waals surface area (Å²) in [6.45, 7) is 2.31. The number of hydrogen-bond donors (Lipinski definition) is 0. The Balaban J connectivity index is 1.78. The van der Waals surface area contributed by atoms with E-state index in [1.165, 1.54) is 4.31 Å². The molecule has 0 spiro atoms. The maximum Gasteiger partial charge on any atom is 0.264 e. The third-order valence-corrected chi connectivity index (χ3v) is 6.70. The Morgan fingerprint density at radius 1 is 0.923 bits per heavy atom. The van der Waals surface area contributed by atoms with Gasteiger partial charge in [0.1, 0.15) is 0 Å². The zero-order valence-corrected chi connectivity index (χ0v) is 15.4. The van der Waals surface area contributed by atoms with Crippen LogP contribution in [0.3, 0.4) is 0 Å². The zero-order chi connectivity index (χ0) is 18.1. The normalized spacial score (nSPS) is 14.1. The average molecular weight is 364 g/mol. The molecule has 1 aliphatic rings. The highest BCUT2D eigenvalue weighted by atomic mass is 32.2. The van der Waals surface area contributed by atoms with E-state index in [0.29, 0.717) is 17.1 Å². The standard InChI is InChI=1S/C21H20N2O2S/c1-16-8-5-6-12-21(16)26(24,25)23-15-7-11-19-20(23)14-13-18(22-19)17-9-3-2-4-10-17/h2-6,8-10,12-14H,7,11,15H2,1H3. The fraction of sp³-hybridized carbons (Fsp3) is 0.190. The van der Waals surface area contributed by atoms with Crippen LogP contribution >= 0.6 is 0 Å². The van der Waals surface area contributed by atoms with Gasteiger partial charge in [0, 0.05) is 12.1 Å². The summed E-state index contributed by atoms with van der Waals surface area (Å²) in [6, 6.07) is 20.9. The lowest BCUT2D eigenvalue weighted by atomic mass is 10.1. The Kier molecular flexibility index (Phi) is 4.24. The van der Waals surface area contributed by atoms with E-state index in [4.69, 9.17) is 4.98 Å². The number of fused-ring (bicyclic) bond motifs is 1. The van der Waals surface area contributed by atoms with Crippen molar-refractivity contribution in [2.24, 2.45) is 0 Å². The van der Waals surface area contributed by atoms with Gasteiger partial charge in [-0.3, -0.25) is 9.29 Å². The molecule has 0 saturated carbocycles. The SMILES string of the molecule is Cc1ccccc1S(=O)(=O)N1CCCc2nc(-c3ccccc3)ccc21. The van der Waals surface area contributed by atoms with Crippen molar-refractivity contribution >= 4 is 15.7 Å². The molecule has 0 N–H and O–H groups in total. The highest BCUT2D eigenvalue weighted by Crippen LogP contribution is 2.33. The van der Waals surface area contributed by atoms with Crippen LogP contribution in [-0.4, -0.2) is 19.9 Å². The van der Waals surface area contributed by atoms with Crippen molar-refractivity contribution in [2.45, 2.75) is 24.7 Å². The maximum absolute atomic E-state index is 13.2. The molecule has 5 heteroatoms. The number of nitrogens with zero attached hydrogens (tertiary/aromatic N) is 2. The van der Waals surface area contributed by atoms with E-state index in [0.717, 1.165) is 35.4 Å². The number of anilines is 1. The second kappa shape index (κ2) is 6.57. The van der Waals surface area contributed by atoms with Crippen LogP contribution in [0.15, 0.2) is 71.6 Å². The van der Waals surface area contributed by atoms with Crippen molar-refractivity contribution in [3.63, 3.8) is 0 Å². The summed E-state index contributed by atoms with van der Waals surface area (Å²) in [5, 5.41) is 0. The Morgan fingerprint density at radius 3 is 2.42 bits per heavy atom. The topological polar surface area (TPSA) is 50.3 Å². The summed E-state index contributed by atoms with van der Waals surface area (Å²) in [5.74, 6) is 0. The van der Waals surface area contributed by atoms with Gasteiger partial charge in [-0.1, -0.05) is 48.5 Å². The molecule has 26 heavy (non-hydrogen) atoms. The van der Waals surface area contributed by atoms with Gasteiger partial charge in [-0.05, 0) is 43.5 Å². The van der Waals surface area contributed by atoms with Crippen molar-refractivity contribution in [1.29, 1.82) is 0 Å². The largest absolute Gasteiger partial charge is 0.264 e. The summed E-state index contributed by atoms with van der Waals surface area (Å²) >= 11 is 0. The minimum atomic E-state index is -3.59. The number of benzene rings is 2. The molecule has 1 aliphatic heterocycles. The average Bonchev–Trinajstić information content (AvgIpc) is 2.68. The van der Waals surface area contributed by atoms with Gasteiger partial charge in [-0.2, -0.15) is 0 Å². The summed E-state index contributed by atoms with van der Waals surface area (Å²) in [7, 11) is -3.59. The van der Waals surface area contributed by atoms with E-state index >= 15 is 0 Å². The first kappa shape index (κ1) is 16.8. The van der Waals surface area contributed by atoms with Gasteiger partial charge in [0.2, 0.25) is 0 Å². The number of aromatic nitrogens is 1. The Morgan fingerprint density at radius 2 is 1.65 bits per heavy atom. The lowest BCUT2D eigenvalue weighted by Crippen LogP contribution is -2.36. The minimum Gasteiger partial charge on any atom is -0.264 e. The molecule has 0 unspecified atom stereocenters. The second-order valence-electron chi connectivity index (χ2n) is 6.47. The third kappa shape index (κ3) is 2.88. The van der Waals surface area contributed by atoms with Crippen LogP contribution in [0.25, 0.3) is 11.3 Å². The minimum absolute atomic E-state index is 0.361. The highest BCUT2D eigenvalue weighted by molar-refractivity contribution is 7.92. The number of sulfonamides is 1. The molecule has 0 fully saturated rings. The molecule has 0 amide bonds. The molecular weight excluding hydrogens is 344 g/mol. The highest BCUT2D eigenvalue weighted by Gasteiger charge is 2.30. The molecule has 4 rings (SSSR count). The smallest absolute Gasteiger partial charge is 0.264 e. The Labute approximate surface area is 154 Å². The molecule has 0 saturated heterocycles. The van der Waals surface area contributed by atoms with E-state index in [-0.39, 0.29) is 0 Å². The third-order valence-electron chi connectivity index (χ3n) is 4.72. The first-order chi connectivity index (χ1) is 12.6. The molecule has 0 aliphatic carbocycles. The number of aryl methyl sites for hydroxylation is 2. The van der Waals surface area contributed by atoms with Crippen LogP contribution < -0.4 is 4.31 Å². The summed E-state index contributed by atoms with van der Waals surface area (Å²) in [5.41, 5.74) is 4.20. The fourth-order valence-corrected chi connectivity index (χ4v) is 5.16. The van der Waals surface area contributed by atoms with Gasteiger partial charge >= 0.3 is 0 Å². The summed E-state index contributed by atoms with van der Waals surface area (Å²) < 4.78 is 28.0. The molecule has 4 nitrogen and oxygen atoms in total. The van der Waals surface area contributed by atoms with Crippen LogP contribution in [0, 0.1) is 6.92 Å². The molecule has 2 aromatic carbocycles. The van der Waals surface area contributed by atoms with Crippen molar-refractivity contribution in [3.05, 3.63) is 78.0 Å². The van der Waals surface area contributed by atoms with Gasteiger partial charge in [-0.25, -0.2) is 8.42 Å². The molecule has 2 heterocycles. The Bertz CT molecular complexity index is 1050. The first-order valence-electron chi connectivity index (χ1n) is 8.71. The lowest BCUT2D eigenvalue weighted by molar-refractivity contribution is 0.585. The number of pyridine rings is 1. The summed E-state index contributed by atoms with van der Waals surface area (Å²) in [4.78, 5) is 5.12. The number of hydrogen-bond acceptors (Lipinski definition) is 3. The van der Waals surface area contributed by atoms with Crippen LogP contribution in [0.5, 0.6) is 0 Å². The van der Waals surface area contributed by atoms with Crippen molar-refractivity contribution in [3.8, 4) is 11.3 Å². The van der Waals surface area contributed by atoms with Gasteiger partial charge in [-0.15, -0.1) is 0 Å². The van der Waals surface area contributed by atoms with Gasteiger partial charge in [0.05, 0.1) is 22.0 Å². The molecule has 0 atom stereocenters. The van der Waals surface area contributed by atoms with Crippen molar-refractivity contribution in [1.82, 2.24) is 4.98 Å². The quantitative estimate of drug-likeness (QED) is 0.700. The van der Waals surface area contributed by atoms with Gasteiger partial charge in [0.25, 0.3) is 10.0 Å². The maximum atomic E-state index is 13.2. The van der Waals surface area contributed by atoms with Crippen LogP contribution in [-0.2, 0) is 16.4 Å². The monoisotopic (exact) mass is 364 g/mol. The van der Waals surface area contributed by atoms with Crippen LogP contribution in [0.4, 0.5) is 5.69 Å². The Hall–Kier alpha value is -2.66. The molecular formula is C21H20N2O2S. The fourth-order valence-electron chi connectivity index (χ4n) is 3.40. The predicted octanol–water partition coefficient (Wildman–Crippen LogP) is 4.20. The van der Waals surface area contributed by atoms with Crippen molar-refractivity contribution < 1.29 is 8.42 Å². The molecule has 3 aromatic rings. The van der Waals surface area contributed by atoms with E-state index in [1.807, 2.05) is 61.5 Å². The van der Waals surface area contributed by atoms with Gasteiger partial charge in [0.15, 0.2) is 0 Å². The van der Waals surface area contributed by atoms with Crippen LogP contribution in [0.1, 0.15) is 17.7 Å². The van der Waals surface area contributed by atoms with Gasteiger partial charge < -0.3 is 0 Å². The van der Waals surface area contributed by atoms with Crippen molar-refractivity contribution in [2.75, 3.05) is 10.8 Å². The molecule has 1 aromatic heterocycles. The predicted molar refractivity (Wildman–Crippen MR) is 104 cm³/mol. The second-order valence-corrected chi connectivity index (χ2v) is 8.31. The summed E-state index contributed by atoms with van der Waals surface area (Å²) in [6.07, 6.45) is 1.55. The lowest BCUT2D eigenvalue weighted by Gasteiger charge is -2.30. The number of rotatable bonds is 3. The molecule has 132 valence electrons. The van der Waals surface area contributed by atoms with Crippen LogP contribution in [0.2, 0.25) is 0 Å². The molecule has 0 bridgehead atoms. The molecule has 0 radical (unpaired) electrons.